The minimum absolute atomic E-state index is 0.138. The lowest BCUT2D eigenvalue weighted by Crippen LogP contribution is -2.01. The van der Waals surface area contributed by atoms with Gasteiger partial charge in [0.25, 0.3) is 0 Å². The maximum absolute atomic E-state index is 11.2. The smallest absolute Gasteiger partial charge is 0.147 e. The second-order valence-corrected chi connectivity index (χ2v) is 5.94. The highest BCUT2D eigenvalue weighted by atomic mass is 127. The van der Waals surface area contributed by atoms with Gasteiger partial charge in [-0.25, -0.2) is 0 Å². The Morgan fingerprint density at radius 3 is 2.64 bits per heavy atom. The van der Waals surface area contributed by atoms with Crippen molar-refractivity contribution >= 4 is 56.1 Å². The van der Waals surface area contributed by atoms with Crippen LogP contribution in [0.3, 0.4) is 0 Å². The molecule has 4 heteroatoms. The number of Topliss-reactive ketones (excluding diaryl/α,β-unsaturated/α-hetero) is 1. The summed E-state index contributed by atoms with van der Waals surface area (Å²) in [6, 6.07) is 6.18. The number of carbonyl (C=O) groups excluding carboxylic acids is 1. The van der Waals surface area contributed by atoms with Crippen molar-refractivity contribution in [3.8, 4) is 0 Å². The third-order valence-corrected chi connectivity index (χ3v) is 4.28. The Hall–Kier alpha value is 0.450. The van der Waals surface area contributed by atoms with Gasteiger partial charge in [0.15, 0.2) is 0 Å². The van der Waals surface area contributed by atoms with Gasteiger partial charge in [-0.3, -0.25) is 4.79 Å². The largest absolute Gasteiger partial charge is 0.298 e. The van der Waals surface area contributed by atoms with Crippen LogP contribution in [0.4, 0.5) is 0 Å². The average Bonchev–Trinajstić information content (AvgIpc) is 2.15. The highest BCUT2D eigenvalue weighted by Gasteiger charge is 2.13. The Kier molecular flexibility index (Phi) is 4.93. The Balaban J connectivity index is 3.08. The first-order valence-electron chi connectivity index (χ1n) is 4.03. The minimum atomic E-state index is -0.178. The fourth-order valence-corrected chi connectivity index (χ4v) is 2.75. The van der Waals surface area contributed by atoms with Crippen molar-refractivity contribution in [2.75, 3.05) is 6.26 Å². The van der Waals surface area contributed by atoms with Crippen molar-refractivity contribution in [2.24, 2.45) is 0 Å². The third-order valence-electron chi connectivity index (χ3n) is 1.78. The number of hydrogen-bond donors (Lipinski definition) is 0. The van der Waals surface area contributed by atoms with Crippen molar-refractivity contribution < 1.29 is 4.79 Å². The molecule has 0 aliphatic carbocycles. The minimum Gasteiger partial charge on any atom is -0.298 e. The molecule has 0 bridgehead atoms. The summed E-state index contributed by atoms with van der Waals surface area (Å²) in [5.74, 6) is 0.138. The summed E-state index contributed by atoms with van der Waals surface area (Å²) in [6.45, 7) is 1.60. The average molecular weight is 385 g/mol. The van der Waals surface area contributed by atoms with Crippen molar-refractivity contribution in [1.29, 1.82) is 0 Å². The van der Waals surface area contributed by atoms with E-state index in [4.69, 9.17) is 0 Å². The summed E-state index contributed by atoms with van der Waals surface area (Å²) in [5.41, 5.74) is 1.04. The fraction of sp³-hybridized carbons (Fsp3) is 0.300. The second-order valence-electron chi connectivity index (χ2n) is 2.90. The lowest BCUT2D eigenvalue weighted by molar-refractivity contribution is -0.116. The first kappa shape index (κ1) is 12.5. The van der Waals surface area contributed by atoms with Crippen LogP contribution in [0.25, 0.3) is 0 Å². The number of carbonyl (C=O) groups is 1. The Bertz CT molecular complexity index is 354. The van der Waals surface area contributed by atoms with Crippen molar-refractivity contribution in [3.63, 3.8) is 0 Å². The van der Waals surface area contributed by atoms with Crippen LogP contribution in [-0.4, -0.2) is 12.0 Å². The molecule has 1 nitrogen and oxygen atoms in total. The molecule has 1 aromatic rings. The van der Waals surface area contributed by atoms with E-state index >= 15 is 0 Å². The van der Waals surface area contributed by atoms with Gasteiger partial charge >= 0.3 is 0 Å². The van der Waals surface area contributed by atoms with Crippen LogP contribution in [0.5, 0.6) is 0 Å². The number of hydrogen-bond acceptors (Lipinski definition) is 2. The Morgan fingerprint density at radius 1 is 1.50 bits per heavy atom. The van der Waals surface area contributed by atoms with E-state index in [1.54, 1.807) is 18.7 Å². The molecule has 0 aliphatic heterocycles. The first-order valence-corrected chi connectivity index (χ1v) is 7.25. The Morgan fingerprint density at radius 2 is 2.14 bits per heavy atom. The van der Waals surface area contributed by atoms with E-state index in [1.807, 2.05) is 18.4 Å². The number of thioether (sulfide) groups is 1. The van der Waals surface area contributed by atoms with Crippen LogP contribution in [0.15, 0.2) is 23.1 Å². The molecular formula is C10H10BrIOS. The Labute approximate surface area is 110 Å². The summed E-state index contributed by atoms with van der Waals surface area (Å²) in [5, 5.41) is 0. The van der Waals surface area contributed by atoms with Gasteiger partial charge in [0.05, 0.1) is 4.83 Å². The zero-order chi connectivity index (χ0) is 10.7. The summed E-state index contributed by atoms with van der Waals surface area (Å²) in [7, 11) is 0. The molecule has 1 rings (SSSR count). The van der Waals surface area contributed by atoms with E-state index in [2.05, 4.69) is 44.6 Å². The molecule has 1 atom stereocenters. The predicted molar refractivity (Wildman–Crippen MR) is 73.3 cm³/mol. The van der Waals surface area contributed by atoms with Crippen molar-refractivity contribution in [2.45, 2.75) is 16.6 Å². The van der Waals surface area contributed by atoms with E-state index in [1.165, 1.54) is 4.90 Å². The number of alkyl halides is 1. The van der Waals surface area contributed by atoms with E-state index in [0.717, 1.165) is 9.13 Å². The molecule has 1 aromatic carbocycles. The molecular weight excluding hydrogens is 375 g/mol. The van der Waals surface area contributed by atoms with Gasteiger partial charge in [0, 0.05) is 8.47 Å². The summed E-state index contributed by atoms with van der Waals surface area (Å²) in [6.07, 6.45) is 2.03. The molecule has 0 saturated heterocycles. The molecule has 0 radical (unpaired) electrons. The highest BCUT2D eigenvalue weighted by molar-refractivity contribution is 14.1. The van der Waals surface area contributed by atoms with Gasteiger partial charge in [0.1, 0.15) is 5.78 Å². The molecule has 0 amide bonds. The first-order chi connectivity index (χ1) is 6.54. The van der Waals surface area contributed by atoms with E-state index in [-0.39, 0.29) is 10.6 Å². The quantitative estimate of drug-likeness (QED) is 0.444. The molecule has 0 aromatic heterocycles. The van der Waals surface area contributed by atoms with Crippen LogP contribution < -0.4 is 0 Å². The number of benzene rings is 1. The summed E-state index contributed by atoms with van der Waals surface area (Å²) in [4.78, 5) is 12.2. The molecule has 1 unspecified atom stereocenters. The van der Waals surface area contributed by atoms with Crippen molar-refractivity contribution in [3.05, 3.63) is 27.3 Å². The maximum atomic E-state index is 11.2. The number of rotatable bonds is 3. The van der Waals surface area contributed by atoms with Gasteiger partial charge in [0.2, 0.25) is 0 Å². The molecule has 14 heavy (non-hydrogen) atoms. The zero-order valence-electron chi connectivity index (χ0n) is 7.88. The molecule has 0 heterocycles. The van der Waals surface area contributed by atoms with Crippen LogP contribution in [0.2, 0.25) is 0 Å². The molecule has 76 valence electrons. The van der Waals surface area contributed by atoms with Gasteiger partial charge in [-0.05, 0) is 59.5 Å². The van der Waals surface area contributed by atoms with Gasteiger partial charge in [-0.1, -0.05) is 15.9 Å². The van der Waals surface area contributed by atoms with E-state index < -0.39 is 0 Å². The SMILES string of the molecule is CSc1cc(I)cc(C(Br)C(C)=O)c1. The van der Waals surface area contributed by atoms with Gasteiger partial charge in [-0.15, -0.1) is 11.8 Å². The van der Waals surface area contributed by atoms with Crippen molar-refractivity contribution in [1.82, 2.24) is 0 Å². The highest BCUT2D eigenvalue weighted by Crippen LogP contribution is 2.29. The molecule has 0 spiro atoms. The van der Waals surface area contributed by atoms with Gasteiger partial charge < -0.3 is 0 Å². The van der Waals surface area contributed by atoms with E-state index in [0.29, 0.717) is 0 Å². The van der Waals surface area contributed by atoms with Crippen LogP contribution in [-0.2, 0) is 4.79 Å². The summed E-state index contributed by atoms with van der Waals surface area (Å²) >= 11 is 7.34. The van der Waals surface area contributed by atoms with Crippen LogP contribution in [0.1, 0.15) is 17.3 Å². The third kappa shape index (κ3) is 3.24. The molecule has 0 aliphatic rings. The number of ketones is 1. The predicted octanol–water partition coefficient (Wildman–Crippen LogP) is 4.04. The second kappa shape index (κ2) is 5.51. The molecule has 0 saturated carbocycles. The zero-order valence-corrected chi connectivity index (χ0v) is 12.4. The topological polar surface area (TPSA) is 17.1 Å². The lowest BCUT2D eigenvalue weighted by Gasteiger charge is -2.08. The van der Waals surface area contributed by atoms with Crippen LogP contribution >= 0.6 is 50.3 Å². The monoisotopic (exact) mass is 384 g/mol. The lowest BCUT2D eigenvalue weighted by atomic mass is 10.1. The molecule has 0 N–H and O–H groups in total. The van der Waals surface area contributed by atoms with Crippen LogP contribution in [0, 0.1) is 3.57 Å². The van der Waals surface area contributed by atoms with Gasteiger partial charge in [-0.2, -0.15) is 0 Å². The summed E-state index contributed by atoms with van der Waals surface area (Å²) < 4.78 is 1.16. The van der Waals surface area contributed by atoms with E-state index in [9.17, 15) is 4.79 Å². The standard InChI is InChI=1S/C10H10BrIOS/c1-6(13)10(11)7-3-8(12)5-9(4-7)14-2/h3-5,10H,1-2H3. The maximum Gasteiger partial charge on any atom is 0.147 e. The fourth-order valence-electron chi connectivity index (χ4n) is 1.08. The number of halogens is 2. The normalized spacial score (nSPS) is 12.6. The molecule has 0 fully saturated rings.